The molecule has 0 aliphatic heterocycles. The normalized spacial score (nSPS) is 14.3. The molecule has 0 unspecified atom stereocenters. The number of hydrogen-bond acceptors (Lipinski definition) is 5. The standard InChI is InChI=1S/C12H12N4O3/c17-12(18)9-3-1-2-4-10(9)19-7-11-13-14-15-16(11)8-5-6-8/h1-4,8H,5-7H2,(H,17,18). The van der Waals surface area contributed by atoms with Gasteiger partial charge in [0.15, 0.2) is 5.82 Å². The molecule has 2 aromatic rings. The second kappa shape index (κ2) is 4.68. The number of rotatable bonds is 5. The molecule has 7 heteroatoms. The molecule has 0 spiro atoms. The van der Waals surface area contributed by atoms with Crippen LogP contribution < -0.4 is 4.74 Å². The summed E-state index contributed by atoms with van der Waals surface area (Å²) in [5, 5.41) is 20.5. The topological polar surface area (TPSA) is 90.1 Å². The molecule has 1 aliphatic rings. The first-order chi connectivity index (χ1) is 9.25. The van der Waals surface area contributed by atoms with Crippen LogP contribution in [0.15, 0.2) is 24.3 Å². The van der Waals surface area contributed by atoms with Crippen molar-refractivity contribution in [1.29, 1.82) is 0 Å². The van der Waals surface area contributed by atoms with Crippen molar-refractivity contribution < 1.29 is 14.6 Å². The minimum absolute atomic E-state index is 0.132. The zero-order valence-corrected chi connectivity index (χ0v) is 10.1. The van der Waals surface area contributed by atoms with Crippen molar-refractivity contribution in [1.82, 2.24) is 20.2 Å². The van der Waals surface area contributed by atoms with Gasteiger partial charge in [0.25, 0.3) is 0 Å². The van der Waals surface area contributed by atoms with Gasteiger partial charge in [0.1, 0.15) is 17.9 Å². The fourth-order valence-electron chi connectivity index (χ4n) is 1.82. The first-order valence-corrected chi connectivity index (χ1v) is 5.97. The van der Waals surface area contributed by atoms with Crippen LogP contribution in [0.2, 0.25) is 0 Å². The Hall–Kier alpha value is -2.44. The van der Waals surface area contributed by atoms with Gasteiger partial charge in [-0.3, -0.25) is 0 Å². The lowest BCUT2D eigenvalue weighted by Crippen LogP contribution is -2.09. The predicted molar refractivity (Wildman–Crippen MR) is 63.8 cm³/mol. The highest BCUT2D eigenvalue weighted by Gasteiger charge is 2.27. The molecule has 3 rings (SSSR count). The molecule has 1 aromatic heterocycles. The molecule has 1 N–H and O–H groups in total. The summed E-state index contributed by atoms with van der Waals surface area (Å²) < 4.78 is 7.26. The van der Waals surface area contributed by atoms with Crippen LogP contribution in [-0.4, -0.2) is 31.3 Å². The van der Waals surface area contributed by atoms with Crippen LogP contribution in [0.4, 0.5) is 0 Å². The molecular weight excluding hydrogens is 248 g/mol. The Bertz CT molecular complexity index is 607. The summed E-state index contributed by atoms with van der Waals surface area (Å²) in [6.45, 7) is 0.161. The van der Waals surface area contributed by atoms with Gasteiger partial charge in [-0.2, -0.15) is 0 Å². The fourth-order valence-corrected chi connectivity index (χ4v) is 1.82. The van der Waals surface area contributed by atoms with Crippen molar-refractivity contribution in [3.05, 3.63) is 35.7 Å². The highest BCUT2D eigenvalue weighted by Crippen LogP contribution is 2.34. The minimum atomic E-state index is -1.02. The SMILES string of the molecule is O=C(O)c1ccccc1OCc1nnnn1C1CC1. The summed E-state index contributed by atoms with van der Waals surface area (Å²) in [5.41, 5.74) is 0.132. The summed E-state index contributed by atoms with van der Waals surface area (Å²) in [5.74, 6) is -0.0829. The zero-order chi connectivity index (χ0) is 13.2. The van der Waals surface area contributed by atoms with Gasteiger partial charge < -0.3 is 9.84 Å². The van der Waals surface area contributed by atoms with Gasteiger partial charge in [-0.1, -0.05) is 12.1 Å². The van der Waals surface area contributed by atoms with E-state index in [0.717, 1.165) is 12.8 Å². The average molecular weight is 260 g/mol. The Balaban J connectivity index is 1.75. The van der Waals surface area contributed by atoms with Gasteiger partial charge in [0.2, 0.25) is 0 Å². The van der Waals surface area contributed by atoms with Crippen molar-refractivity contribution in [3.63, 3.8) is 0 Å². The maximum Gasteiger partial charge on any atom is 0.339 e. The first-order valence-electron chi connectivity index (χ1n) is 5.97. The third kappa shape index (κ3) is 2.40. The third-order valence-corrected chi connectivity index (χ3v) is 2.93. The van der Waals surface area contributed by atoms with Crippen molar-refractivity contribution in [3.8, 4) is 5.75 Å². The Morgan fingerprint density at radius 2 is 2.21 bits per heavy atom. The summed E-state index contributed by atoms with van der Waals surface area (Å²) in [4.78, 5) is 11.0. The summed E-state index contributed by atoms with van der Waals surface area (Å²) in [6.07, 6.45) is 2.15. The van der Waals surface area contributed by atoms with Crippen molar-refractivity contribution in [2.24, 2.45) is 0 Å². The fraction of sp³-hybridized carbons (Fsp3) is 0.333. The molecule has 19 heavy (non-hydrogen) atoms. The number of tetrazole rings is 1. The summed E-state index contributed by atoms with van der Waals surface area (Å²) in [6, 6.07) is 6.87. The Morgan fingerprint density at radius 1 is 1.42 bits per heavy atom. The van der Waals surface area contributed by atoms with Crippen molar-refractivity contribution in [2.75, 3.05) is 0 Å². The molecule has 0 atom stereocenters. The number of hydrogen-bond donors (Lipinski definition) is 1. The van der Waals surface area contributed by atoms with Gasteiger partial charge >= 0.3 is 5.97 Å². The van der Waals surface area contributed by atoms with Crippen molar-refractivity contribution in [2.45, 2.75) is 25.5 Å². The van der Waals surface area contributed by atoms with E-state index in [4.69, 9.17) is 9.84 Å². The number of carboxylic acid groups (broad SMARTS) is 1. The second-order valence-electron chi connectivity index (χ2n) is 4.36. The van der Waals surface area contributed by atoms with E-state index in [9.17, 15) is 4.79 Å². The van der Waals surface area contributed by atoms with E-state index in [1.807, 2.05) is 0 Å². The molecule has 1 fully saturated rings. The maximum atomic E-state index is 11.0. The van der Waals surface area contributed by atoms with Crippen LogP contribution in [0.25, 0.3) is 0 Å². The van der Waals surface area contributed by atoms with Crippen molar-refractivity contribution >= 4 is 5.97 Å². The molecule has 98 valence electrons. The van der Waals surface area contributed by atoms with Crippen LogP contribution >= 0.6 is 0 Å². The number of carbonyl (C=O) groups is 1. The number of benzene rings is 1. The van der Waals surface area contributed by atoms with E-state index < -0.39 is 5.97 Å². The van der Waals surface area contributed by atoms with Gasteiger partial charge in [-0.25, -0.2) is 9.48 Å². The largest absolute Gasteiger partial charge is 0.485 e. The van der Waals surface area contributed by atoms with Gasteiger partial charge in [-0.05, 0) is 35.4 Å². The lowest BCUT2D eigenvalue weighted by atomic mass is 10.2. The van der Waals surface area contributed by atoms with Crippen LogP contribution in [0.3, 0.4) is 0 Å². The van der Waals surface area contributed by atoms with E-state index >= 15 is 0 Å². The second-order valence-corrected chi connectivity index (χ2v) is 4.36. The predicted octanol–water partition coefficient (Wildman–Crippen LogP) is 1.29. The van der Waals surface area contributed by atoms with Gasteiger partial charge in [0, 0.05) is 0 Å². The Labute approximate surface area is 108 Å². The first kappa shape index (κ1) is 11.6. The number of aromatic carboxylic acids is 1. The molecular formula is C12H12N4O3. The monoisotopic (exact) mass is 260 g/mol. The lowest BCUT2D eigenvalue weighted by Gasteiger charge is -2.08. The minimum Gasteiger partial charge on any atom is -0.485 e. The lowest BCUT2D eigenvalue weighted by molar-refractivity contribution is 0.0691. The molecule has 0 saturated heterocycles. The molecule has 0 amide bonds. The Morgan fingerprint density at radius 3 is 2.95 bits per heavy atom. The quantitative estimate of drug-likeness (QED) is 0.871. The Kier molecular flexibility index (Phi) is 2.86. The summed E-state index contributed by atoms with van der Waals surface area (Å²) in [7, 11) is 0. The van der Waals surface area contributed by atoms with Crippen LogP contribution in [0, 0.1) is 0 Å². The molecule has 1 aliphatic carbocycles. The highest BCUT2D eigenvalue weighted by atomic mass is 16.5. The van der Waals surface area contributed by atoms with Gasteiger partial charge in [-0.15, -0.1) is 5.10 Å². The molecule has 1 saturated carbocycles. The highest BCUT2D eigenvalue weighted by molar-refractivity contribution is 5.90. The van der Waals surface area contributed by atoms with E-state index in [0.29, 0.717) is 17.6 Å². The number of para-hydroxylation sites is 1. The average Bonchev–Trinajstić information content (AvgIpc) is 3.15. The molecule has 0 bridgehead atoms. The van der Waals surface area contributed by atoms with Gasteiger partial charge in [0.05, 0.1) is 6.04 Å². The molecule has 1 heterocycles. The van der Waals surface area contributed by atoms with Crippen LogP contribution in [0.1, 0.15) is 35.1 Å². The number of nitrogens with zero attached hydrogens (tertiary/aromatic N) is 4. The zero-order valence-electron chi connectivity index (χ0n) is 10.1. The molecule has 0 radical (unpaired) electrons. The van der Waals surface area contributed by atoms with E-state index in [2.05, 4.69) is 15.5 Å². The van der Waals surface area contributed by atoms with Crippen LogP contribution in [-0.2, 0) is 6.61 Å². The number of carboxylic acids is 1. The maximum absolute atomic E-state index is 11.0. The third-order valence-electron chi connectivity index (χ3n) is 2.93. The van der Waals surface area contributed by atoms with E-state index in [1.165, 1.54) is 6.07 Å². The smallest absolute Gasteiger partial charge is 0.339 e. The number of ether oxygens (including phenoxy) is 1. The molecule has 7 nitrogen and oxygen atoms in total. The van der Waals surface area contributed by atoms with E-state index in [1.54, 1.807) is 22.9 Å². The van der Waals surface area contributed by atoms with E-state index in [-0.39, 0.29) is 12.2 Å². The summed E-state index contributed by atoms with van der Waals surface area (Å²) >= 11 is 0. The van der Waals surface area contributed by atoms with Crippen LogP contribution in [0.5, 0.6) is 5.75 Å². The molecule has 1 aromatic carbocycles. The number of aromatic nitrogens is 4.